The molecule has 2 aromatic carbocycles. The molecule has 0 spiro atoms. The van der Waals surface area contributed by atoms with Crippen molar-refractivity contribution in [2.24, 2.45) is 0 Å². The molecule has 0 fully saturated rings. The predicted molar refractivity (Wildman–Crippen MR) is 106 cm³/mol. The maximum atomic E-state index is 11.2. The molecule has 0 radical (unpaired) electrons. The number of carbonyl (C=O) groups is 1. The Hall–Kier alpha value is -1.86. The molecule has 0 bridgehead atoms. The fourth-order valence-corrected chi connectivity index (χ4v) is 2.65. The Bertz CT molecular complexity index is 804. The molecule has 1 unspecified atom stereocenters. The number of hydrogen-bond donors (Lipinski definition) is 2. The third-order valence-corrected chi connectivity index (χ3v) is 4.61. The van der Waals surface area contributed by atoms with E-state index in [0.717, 1.165) is 11.3 Å². The number of aliphatic hydroxyl groups excluding tert-OH is 1. The molecule has 0 saturated heterocycles. The molecular formula is C18H17Cl2NO4S. The average molecular weight is 414 g/mol. The van der Waals surface area contributed by atoms with Crippen molar-refractivity contribution in [1.29, 1.82) is 0 Å². The first-order chi connectivity index (χ1) is 12.5. The zero-order valence-corrected chi connectivity index (χ0v) is 16.0. The second-order valence-electron chi connectivity index (χ2n) is 5.39. The van der Waals surface area contributed by atoms with Crippen LogP contribution in [0.1, 0.15) is 12.0 Å². The summed E-state index contributed by atoms with van der Waals surface area (Å²) < 4.78 is 15.5. The SMILES string of the molecule is Clc1ccccc1Cl.O=S=CC(O)COc1ccc2c(c1)CCC(=O)N2. The largest absolute Gasteiger partial charge is 0.491 e. The van der Waals surface area contributed by atoms with Gasteiger partial charge in [0.25, 0.3) is 0 Å². The van der Waals surface area contributed by atoms with Crippen molar-refractivity contribution in [3.63, 3.8) is 0 Å². The van der Waals surface area contributed by atoms with Crippen molar-refractivity contribution >= 4 is 51.4 Å². The number of hydrogen-bond acceptors (Lipinski definition) is 4. The van der Waals surface area contributed by atoms with Crippen LogP contribution in [0.3, 0.4) is 0 Å². The molecule has 8 heteroatoms. The first-order valence-corrected chi connectivity index (χ1v) is 9.31. The highest BCUT2D eigenvalue weighted by Crippen LogP contribution is 2.26. The van der Waals surface area contributed by atoms with Gasteiger partial charge in [-0.2, -0.15) is 0 Å². The van der Waals surface area contributed by atoms with Gasteiger partial charge in [0.15, 0.2) is 0 Å². The fourth-order valence-electron chi connectivity index (χ4n) is 2.17. The molecule has 1 aliphatic rings. The van der Waals surface area contributed by atoms with Gasteiger partial charge in [-0.1, -0.05) is 35.3 Å². The van der Waals surface area contributed by atoms with E-state index in [1.54, 1.807) is 24.3 Å². The molecule has 0 saturated carbocycles. The highest BCUT2D eigenvalue weighted by atomic mass is 35.5. The highest BCUT2D eigenvalue weighted by Gasteiger charge is 2.15. The Kier molecular flexibility index (Phi) is 8.12. The van der Waals surface area contributed by atoms with Crippen molar-refractivity contribution in [3.8, 4) is 5.75 Å². The van der Waals surface area contributed by atoms with Crippen molar-refractivity contribution in [2.45, 2.75) is 18.9 Å². The van der Waals surface area contributed by atoms with Crippen molar-refractivity contribution in [2.75, 3.05) is 11.9 Å². The molecule has 1 heterocycles. The molecule has 0 aromatic heterocycles. The third-order valence-electron chi connectivity index (χ3n) is 3.43. The number of nitrogens with one attached hydrogen (secondary N) is 1. The molecule has 2 aromatic rings. The van der Waals surface area contributed by atoms with E-state index >= 15 is 0 Å². The van der Waals surface area contributed by atoms with Gasteiger partial charge in [0.2, 0.25) is 5.91 Å². The van der Waals surface area contributed by atoms with Crippen LogP contribution in [0.2, 0.25) is 10.0 Å². The summed E-state index contributed by atoms with van der Waals surface area (Å²) in [5, 5.41) is 14.5. The monoisotopic (exact) mass is 413 g/mol. The van der Waals surface area contributed by atoms with Crippen LogP contribution < -0.4 is 10.1 Å². The predicted octanol–water partition coefficient (Wildman–Crippen LogP) is 3.32. The highest BCUT2D eigenvalue weighted by molar-refractivity contribution is 7.64. The van der Waals surface area contributed by atoms with Crippen LogP contribution in [0.25, 0.3) is 0 Å². The minimum atomic E-state index is -0.886. The van der Waals surface area contributed by atoms with Gasteiger partial charge >= 0.3 is 0 Å². The Morgan fingerprint density at radius 1 is 1.19 bits per heavy atom. The van der Waals surface area contributed by atoms with Gasteiger partial charge in [0.1, 0.15) is 18.5 Å². The number of aliphatic hydroxyl groups is 1. The van der Waals surface area contributed by atoms with Gasteiger partial charge in [-0.05, 0) is 42.3 Å². The minimum absolute atomic E-state index is 0.0219. The maximum absolute atomic E-state index is 11.2. The molecule has 3 rings (SSSR count). The summed E-state index contributed by atoms with van der Waals surface area (Å²) in [7, 11) is 0. The van der Waals surface area contributed by atoms with E-state index in [1.807, 2.05) is 18.2 Å². The van der Waals surface area contributed by atoms with E-state index in [2.05, 4.69) is 5.32 Å². The van der Waals surface area contributed by atoms with Gasteiger partial charge < -0.3 is 15.2 Å². The topological polar surface area (TPSA) is 75.6 Å². The molecule has 0 aliphatic carbocycles. The van der Waals surface area contributed by atoms with Crippen molar-refractivity contribution in [3.05, 3.63) is 58.1 Å². The summed E-state index contributed by atoms with van der Waals surface area (Å²) in [5.41, 5.74) is 1.82. The lowest BCUT2D eigenvalue weighted by atomic mass is 10.0. The second-order valence-corrected chi connectivity index (χ2v) is 6.67. The molecular weight excluding hydrogens is 397 g/mol. The normalized spacial score (nSPS) is 13.4. The van der Waals surface area contributed by atoms with Crippen LogP contribution >= 0.6 is 23.2 Å². The van der Waals surface area contributed by atoms with Crippen LogP contribution in [0, 0.1) is 0 Å². The van der Waals surface area contributed by atoms with Gasteiger partial charge in [-0.3, -0.25) is 4.79 Å². The molecule has 1 amide bonds. The number of benzene rings is 2. The number of ether oxygens (including phenoxy) is 1. The second kappa shape index (κ2) is 10.3. The summed E-state index contributed by atoms with van der Waals surface area (Å²) in [6.45, 7) is 0.0420. The Morgan fingerprint density at radius 3 is 2.50 bits per heavy atom. The van der Waals surface area contributed by atoms with E-state index in [0.29, 0.717) is 28.6 Å². The molecule has 5 nitrogen and oxygen atoms in total. The fraction of sp³-hybridized carbons (Fsp3) is 0.222. The van der Waals surface area contributed by atoms with Crippen molar-refractivity contribution < 1.29 is 18.8 Å². The van der Waals surface area contributed by atoms with Crippen LogP contribution in [-0.4, -0.2) is 33.3 Å². The average Bonchev–Trinajstić information content (AvgIpc) is 2.63. The molecule has 1 aliphatic heterocycles. The summed E-state index contributed by atoms with van der Waals surface area (Å²) in [5.74, 6) is 0.641. The molecule has 26 heavy (non-hydrogen) atoms. The Labute approximate surface area is 165 Å². The molecule has 2 N–H and O–H groups in total. The van der Waals surface area contributed by atoms with Crippen LogP contribution in [0.5, 0.6) is 5.75 Å². The standard InChI is InChI=1S/C12H13NO4S.C6H4Cl2/c14-9(7-18-16)6-17-10-2-3-11-8(5-10)1-4-12(15)13-11;7-5-3-1-2-4-6(5)8/h2-3,5,7,9,14H,1,4,6H2,(H,13,15);1-4H. The van der Waals surface area contributed by atoms with Gasteiger partial charge in [-0.25, -0.2) is 4.21 Å². The number of aryl methyl sites for hydroxylation is 1. The maximum Gasteiger partial charge on any atom is 0.224 e. The number of fused-ring (bicyclic) bond motifs is 1. The lowest BCUT2D eigenvalue weighted by Crippen LogP contribution is -2.20. The number of rotatable bonds is 4. The summed E-state index contributed by atoms with van der Waals surface area (Å²) >= 11 is 11.4. The Morgan fingerprint density at radius 2 is 1.88 bits per heavy atom. The van der Waals surface area contributed by atoms with Crippen LogP contribution in [0.4, 0.5) is 5.69 Å². The molecule has 1 atom stereocenters. The number of halogens is 2. The summed E-state index contributed by atoms with van der Waals surface area (Å²) in [6, 6.07) is 12.5. The number of carbonyl (C=O) groups excluding carboxylic acids is 1. The Balaban J connectivity index is 0.000000254. The zero-order valence-electron chi connectivity index (χ0n) is 13.7. The van der Waals surface area contributed by atoms with Gasteiger partial charge in [0.05, 0.1) is 21.3 Å². The van der Waals surface area contributed by atoms with Gasteiger partial charge in [-0.15, -0.1) is 0 Å². The van der Waals surface area contributed by atoms with E-state index in [9.17, 15) is 14.1 Å². The lowest BCUT2D eigenvalue weighted by molar-refractivity contribution is -0.116. The van der Waals surface area contributed by atoms with Gasteiger partial charge in [0, 0.05) is 17.5 Å². The van der Waals surface area contributed by atoms with E-state index < -0.39 is 6.10 Å². The van der Waals surface area contributed by atoms with Crippen molar-refractivity contribution in [1.82, 2.24) is 0 Å². The molecule has 138 valence electrons. The summed E-state index contributed by atoms with van der Waals surface area (Å²) in [4.78, 5) is 11.2. The number of amides is 1. The first kappa shape index (κ1) is 20.5. The van der Waals surface area contributed by atoms with E-state index in [1.165, 1.54) is 5.37 Å². The van der Waals surface area contributed by atoms with Crippen LogP contribution in [0.15, 0.2) is 42.5 Å². The van der Waals surface area contributed by atoms with E-state index in [4.69, 9.17) is 27.9 Å². The zero-order chi connectivity index (χ0) is 18.9. The number of anilines is 1. The lowest BCUT2D eigenvalue weighted by Gasteiger charge is -2.18. The summed E-state index contributed by atoms with van der Waals surface area (Å²) in [6.07, 6.45) is 0.270. The minimum Gasteiger partial charge on any atom is -0.491 e. The smallest absolute Gasteiger partial charge is 0.224 e. The van der Waals surface area contributed by atoms with E-state index in [-0.39, 0.29) is 23.8 Å². The third kappa shape index (κ3) is 6.46. The quantitative estimate of drug-likeness (QED) is 0.753. The van der Waals surface area contributed by atoms with Crippen LogP contribution in [-0.2, 0) is 22.5 Å². The first-order valence-electron chi connectivity index (χ1n) is 7.75.